The van der Waals surface area contributed by atoms with Crippen molar-refractivity contribution in [2.45, 2.75) is 12.5 Å². The van der Waals surface area contributed by atoms with Gasteiger partial charge in [-0.05, 0) is 24.6 Å². The number of carbonyl (C=O) groups excluding carboxylic acids is 1. The molecule has 1 fully saturated rings. The molecule has 0 aromatic heterocycles. The van der Waals surface area contributed by atoms with Gasteiger partial charge >= 0.3 is 0 Å². The molecule has 1 heterocycles. The lowest BCUT2D eigenvalue weighted by Gasteiger charge is -2.33. The first-order valence-corrected chi connectivity index (χ1v) is 8.62. The molecule has 1 aromatic carbocycles. The molecular weight excluding hydrogens is 311 g/mol. The zero-order chi connectivity index (χ0) is 16.5. The summed E-state index contributed by atoms with van der Waals surface area (Å²) in [5, 5.41) is 2.90. The van der Waals surface area contributed by atoms with Crippen molar-refractivity contribution in [2.75, 3.05) is 32.7 Å². The highest BCUT2D eigenvalue weighted by atomic mass is 32.2. The van der Waals surface area contributed by atoms with Crippen molar-refractivity contribution in [3.63, 3.8) is 0 Å². The Hall–Kier alpha value is -1.67. The van der Waals surface area contributed by atoms with Gasteiger partial charge in [-0.1, -0.05) is 0 Å². The van der Waals surface area contributed by atoms with Crippen molar-refractivity contribution in [3.8, 4) is 5.75 Å². The summed E-state index contributed by atoms with van der Waals surface area (Å²) < 4.78 is 41.9. The first-order chi connectivity index (χ1) is 10.2. The average molecular weight is 330 g/mol. The van der Waals surface area contributed by atoms with Gasteiger partial charge in [0.05, 0.1) is 24.7 Å². The van der Waals surface area contributed by atoms with Crippen molar-refractivity contribution in [1.82, 2.24) is 10.0 Å². The van der Waals surface area contributed by atoms with E-state index in [1.54, 1.807) is 14.1 Å². The van der Waals surface area contributed by atoms with Crippen LogP contribution in [0.25, 0.3) is 0 Å². The van der Waals surface area contributed by atoms with Crippen molar-refractivity contribution >= 4 is 15.7 Å². The Morgan fingerprint density at radius 2 is 2.05 bits per heavy atom. The molecule has 1 atom stereocenters. The van der Waals surface area contributed by atoms with E-state index in [2.05, 4.69) is 0 Å². The van der Waals surface area contributed by atoms with Crippen LogP contribution in [0.5, 0.6) is 5.75 Å². The third kappa shape index (κ3) is 3.38. The second-order valence-corrected chi connectivity index (χ2v) is 7.63. The number of hydrazine groups is 1. The Labute approximate surface area is 129 Å². The third-order valence-electron chi connectivity index (χ3n) is 3.59. The maximum Gasteiger partial charge on any atom is 0.268 e. The van der Waals surface area contributed by atoms with Crippen LogP contribution >= 0.6 is 0 Å². The first kappa shape index (κ1) is 16.7. The maximum absolute atomic E-state index is 13.8. The molecule has 0 spiro atoms. The van der Waals surface area contributed by atoms with Gasteiger partial charge in [0, 0.05) is 19.7 Å². The zero-order valence-corrected chi connectivity index (χ0v) is 13.6. The standard InChI is InChI=1S/C14H19FN2O4S/c1-16(2)17(11-6-7-22(19,20)9-11)14(18)10-4-5-13(21-3)12(15)8-10/h4-5,8,11H,6-7,9H2,1-3H3/t11-/m1/s1. The number of amides is 1. The van der Waals surface area contributed by atoms with Crippen molar-refractivity contribution in [3.05, 3.63) is 29.6 Å². The van der Waals surface area contributed by atoms with E-state index in [4.69, 9.17) is 4.74 Å². The minimum Gasteiger partial charge on any atom is -0.494 e. The molecule has 0 saturated carbocycles. The number of benzene rings is 1. The van der Waals surface area contributed by atoms with Gasteiger partial charge in [-0.25, -0.2) is 17.8 Å². The molecule has 1 saturated heterocycles. The molecule has 1 aromatic rings. The summed E-state index contributed by atoms with van der Waals surface area (Å²) in [6, 6.07) is 3.50. The quantitative estimate of drug-likeness (QED) is 0.769. The number of carbonyl (C=O) groups is 1. The lowest BCUT2D eigenvalue weighted by molar-refractivity contribution is 0.000967. The van der Waals surface area contributed by atoms with E-state index in [1.165, 1.54) is 29.3 Å². The highest BCUT2D eigenvalue weighted by Gasteiger charge is 2.36. The van der Waals surface area contributed by atoms with Gasteiger partial charge in [-0.15, -0.1) is 0 Å². The van der Waals surface area contributed by atoms with E-state index in [-0.39, 0.29) is 22.8 Å². The fraction of sp³-hybridized carbons (Fsp3) is 0.500. The molecule has 22 heavy (non-hydrogen) atoms. The minimum absolute atomic E-state index is 0.0522. The molecule has 0 aliphatic carbocycles. The van der Waals surface area contributed by atoms with E-state index in [1.807, 2.05) is 0 Å². The summed E-state index contributed by atoms with van der Waals surface area (Å²) in [5.74, 6) is -1.03. The van der Waals surface area contributed by atoms with Crippen LogP contribution in [0.2, 0.25) is 0 Å². The summed E-state index contributed by atoms with van der Waals surface area (Å²) in [6.45, 7) is 0. The van der Waals surface area contributed by atoms with Crippen LogP contribution in [0.3, 0.4) is 0 Å². The molecule has 1 amide bonds. The number of ether oxygens (including phenoxy) is 1. The molecule has 122 valence electrons. The van der Waals surface area contributed by atoms with E-state index < -0.39 is 27.6 Å². The Kier molecular flexibility index (Phi) is 4.72. The van der Waals surface area contributed by atoms with E-state index >= 15 is 0 Å². The predicted octanol–water partition coefficient (Wildman–Crippen LogP) is 0.940. The van der Waals surface area contributed by atoms with Crippen molar-refractivity contribution in [1.29, 1.82) is 0 Å². The molecule has 0 N–H and O–H groups in total. The van der Waals surface area contributed by atoms with Crippen molar-refractivity contribution in [2.24, 2.45) is 0 Å². The molecule has 0 bridgehead atoms. The normalized spacial score (nSPS) is 20.1. The highest BCUT2D eigenvalue weighted by molar-refractivity contribution is 7.91. The summed E-state index contributed by atoms with van der Waals surface area (Å²) in [7, 11) is 1.53. The smallest absolute Gasteiger partial charge is 0.268 e. The Bertz CT molecular complexity index is 675. The number of halogens is 1. The maximum atomic E-state index is 13.8. The molecule has 1 aliphatic rings. The van der Waals surface area contributed by atoms with Gasteiger partial charge in [0.15, 0.2) is 21.4 Å². The second-order valence-electron chi connectivity index (χ2n) is 5.40. The van der Waals surface area contributed by atoms with E-state index in [9.17, 15) is 17.6 Å². The lowest BCUT2D eigenvalue weighted by atomic mass is 10.1. The topological polar surface area (TPSA) is 66.9 Å². The van der Waals surface area contributed by atoms with Gasteiger partial charge < -0.3 is 4.74 Å². The van der Waals surface area contributed by atoms with Crippen LogP contribution in [0.15, 0.2) is 18.2 Å². The Balaban J connectivity index is 2.29. The minimum atomic E-state index is -3.12. The Morgan fingerprint density at radius 1 is 1.36 bits per heavy atom. The van der Waals surface area contributed by atoms with E-state index in [0.717, 1.165) is 6.07 Å². The molecule has 6 nitrogen and oxygen atoms in total. The zero-order valence-electron chi connectivity index (χ0n) is 12.7. The predicted molar refractivity (Wildman–Crippen MR) is 79.9 cm³/mol. The SMILES string of the molecule is COc1ccc(C(=O)N([C@@H]2CCS(=O)(=O)C2)N(C)C)cc1F. The molecular formula is C14H19FN2O4S. The van der Waals surface area contributed by atoms with Gasteiger partial charge in [0.1, 0.15) is 0 Å². The van der Waals surface area contributed by atoms with Crippen LogP contribution in [0, 0.1) is 5.82 Å². The molecule has 0 radical (unpaired) electrons. The number of hydrogen-bond donors (Lipinski definition) is 0. The Morgan fingerprint density at radius 3 is 2.50 bits per heavy atom. The summed E-state index contributed by atoms with van der Waals surface area (Å²) in [6.07, 6.45) is 0.380. The molecule has 8 heteroatoms. The monoisotopic (exact) mass is 330 g/mol. The van der Waals surface area contributed by atoms with Gasteiger partial charge in [0.25, 0.3) is 5.91 Å². The van der Waals surface area contributed by atoms with Gasteiger partial charge in [0.2, 0.25) is 0 Å². The van der Waals surface area contributed by atoms with Gasteiger partial charge in [-0.2, -0.15) is 0 Å². The summed E-state index contributed by atoms with van der Waals surface area (Å²) in [5.41, 5.74) is 0.149. The fourth-order valence-corrected chi connectivity index (χ4v) is 4.27. The number of nitrogens with zero attached hydrogens (tertiary/aromatic N) is 2. The summed E-state index contributed by atoms with van der Waals surface area (Å²) in [4.78, 5) is 12.6. The van der Waals surface area contributed by atoms with Crippen LogP contribution in [0.4, 0.5) is 4.39 Å². The molecule has 0 unspecified atom stereocenters. The van der Waals surface area contributed by atoms with Gasteiger partial charge in [-0.3, -0.25) is 9.80 Å². The van der Waals surface area contributed by atoms with Crippen LogP contribution in [0.1, 0.15) is 16.8 Å². The largest absolute Gasteiger partial charge is 0.494 e. The molecule has 2 rings (SSSR count). The van der Waals surface area contributed by atoms with Crippen LogP contribution < -0.4 is 4.74 Å². The second kappa shape index (κ2) is 6.21. The molecule has 1 aliphatic heterocycles. The average Bonchev–Trinajstić information content (AvgIpc) is 2.78. The lowest BCUT2D eigenvalue weighted by Crippen LogP contribution is -2.49. The number of rotatable bonds is 4. The first-order valence-electron chi connectivity index (χ1n) is 6.80. The third-order valence-corrected chi connectivity index (χ3v) is 5.34. The van der Waals surface area contributed by atoms with Crippen LogP contribution in [-0.4, -0.2) is 63.1 Å². The summed E-state index contributed by atoms with van der Waals surface area (Å²) >= 11 is 0. The number of methoxy groups -OCH3 is 1. The highest BCUT2D eigenvalue weighted by Crippen LogP contribution is 2.23. The van der Waals surface area contributed by atoms with Crippen molar-refractivity contribution < 1.29 is 22.3 Å². The van der Waals surface area contributed by atoms with E-state index in [0.29, 0.717) is 6.42 Å². The fourth-order valence-electron chi connectivity index (χ4n) is 2.57. The number of sulfone groups is 1. The number of hydrogen-bond acceptors (Lipinski definition) is 5. The van der Waals surface area contributed by atoms with Crippen LogP contribution in [-0.2, 0) is 9.84 Å².